The molecule has 34 heavy (non-hydrogen) atoms. The molecule has 0 radical (unpaired) electrons. The molecule has 3 aromatic rings. The van der Waals surface area contributed by atoms with Crippen molar-refractivity contribution in [2.24, 2.45) is 0 Å². The van der Waals surface area contributed by atoms with E-state index in [-0.39, 0.29) is 30.1 Å². The highest BCUT2D eigenvalue weighted by Crippen LogP contribution is 2.30. The number of para-hydroxylation sites is 2. The topological polar surface area (TPSA) is 90.9 Å². The molecule has 0 heterocycles. The Hall–Kier alpha value is -3.52. The third-order valence-electron chi connectivity index (χ3n) is 5.52. The van der Waals surface area contributed by atoms with Gasteiger partial charge in [0.05, 0.1) is 37.2 Å². The number of nitrogens with one attached hydrogen (secondary N) is 1. The smallest absolute Gasteiger partial charge is 0.224 e. The summed E-state index contributed by atoms with van der Waals surface area (Å²) in [4.78, 5) is 12.9. The summed E-state index contributed by atoms with van der Waals surface area (Å²) in [5, 5.41) is 1.96. The number of methoxy groups -OCH3 is 3. The summed E-state index contributed by atoms with van der Waals surface area (Å²) in [7, 11) is 0.879. The number of anilines is 1. The molecule has 0 aromatic heterocycles. The van der Waals surface area contributed by atoms with Gasteiger partial charge in [-0.15, -0.1) is 0 Å². The molecule has 3 aromatic carbocycles. The zero-order valence-electron chi connectivity index (χ0n) is 19.5. The Morgan fingerprint density at radius 3 is 2.21 bits per heavy atom. The van der Waals surface area contributed by atoms with Gasteiger partial charge in [0.1, 0.15) is 17.2 Å². The standard InChI is InChI=1S/C26H29NO6S/c1-31-20-13-15-24(32-2)19(17-20)18-22(34(29,30)21-9-5-4-6-10-21)14-16-26(28)27-23-11-7-8-12-25(23)33-3/h4-13,15,17,22H,14,16,18H2,1-3H3,(H,27,28). The summed E-state index contributed by atoms with van der Waals surface area (Å²) in [6.45, 7) is 0. The van der Waals surface area contributed by atoms with Crippen LogP contribution in [0.25, 0.3) is 0 Å². The van der Waals surface area contributed by atoms with Crippen LogP contribution in [0.1, 0.15) is 18.4 Å². The summed E-state index contributed by atoms with van der Waals surface area (Å²) < 4.78 is 43.1. The van der Waals surface area contributed by atoms with Crippen LogP contribution in [0.15, 0.2) is 77.7 Å². The van der Waals surface area contributed by atoms with E-state index in [2.05, 4.69) is 5.32 Å². The molecule has 0 saturated heterocycles. The number of hydrogen-bond donors (Lipinski definition) is 1. The van der Waals surface area contributed by atoms with Gasteiger partial charge in [0.15, 0.2) is 9.84 Å². The minimum absolute atomic E-state index is 0.0149. The molecule has 1 unspecified atom stereocenters. The molecule has 7 nitrogen and oxygen atoms in total. The highest BCUT2D eigenvalue weighted by Gasteiger charge is 2.29. The van der Waals surface area contributed by atoms with Crippen LogP contribution in [-0.4, -0.2) is 40.9 Å². The Bertz CT molecular complexity index is 1210. The SMILES string of the molecule is COc1ccc(OC)c(CC(CCC(=O)Nc2ccccc2OC)S(=O)(=O)c2ccccc2)c1. The van der Waals surface area contributed by atoms with Gasteiger partial charge < -0.3 is 19.5 Å². The van der Waals surface area contributed by atoms with E-state index < -0.39 is 15.1 Å². The lowest BCUT2D eigenvalue weighted by molar-refractivity contribution is -0.116. The summed E-state index contributed by atoms with van der Waals surface area (Å²) >= 11 is 0. The Labute approximate surface area is 200 Å². The van der Waals surface area contributed by atoms with E-state index in [1.54, 1.807) is 79.9 Å². The summed E-state index contributed by atoms with van der Waals surface area (Å²) in [5.41, 5.74) is 1.23. The van der Waals surface area contributed by atoms with Gasteiger partial charge in [-0.25, -0.2) is 8.42 Å². The van der Waals surface area contributed by atoms with Crippen molar-refractivity contribution in [1.29, 1.82) is 0 Å². The van der Waals surface area contributed by atoms with Crippen molar-refractivity contribution in [3.8, 4) is 17.2 Å². The second-order valence-electron chi connectivity index (χ2n) is 7.65. The number of hydrogen-bond acceptors (Lipinski definition) is 6. The van der Waals surface area contributed by atoms with Crippen LogP contribution in [0.4, 0.5) is 5.69 Å². The maximum Gasteiger partial charge on any atom is 0.224 e. The van der Waals surface area contributed by atoms with Crippen molar-refractivity contribution >= 4 is 21.4 Å². The summed E-state index contributed by atoms with van der Waals surface area (Å²) in [5.74, 6) is 1.40. The molecule has 0 fully saturated rings. The number of benzene rings is 3. The van der Waals surface area contributed by atoms with Gasteiger partial charge in [-0.2, -0.15) is 0 Å². The minimum Gasteiger partial charge on any atom is -0.497 e. The highest BCUT2D eigenvalue weighted by atomic mass is 32.2. The molecule has 0 aliphatic rings. The maximum atomic E-state index is 13.5. The third-order valence-corrected chi connectivity index (χ3v) is 7.73. The molecule has 8 heteroatoms. The van der Waals surface area contributed by atoms with Gasteiger partial charge in [-0.05, 0) is 60.9 Å². The van der Waals surface area contributed by atoms with Crippen molar-refractivity contribution in [2.45, 2.75) is 29.4 Å². The Balaban J connectivity index is 1.86. The molecule has 1 N–H and O–H groups in total. The average molecular weight is 484 g/mol. The minimum atomic E-state index is -3.73. The van der Waals surface area contributed by atoms with Gasteiger partial charge >= 0.3 is 0 Å². The summed E-state index contributed by atoms with van der Waals surface area (Å²) in [6.07, 6.45) is 0.305. The van der Waals surface area contributed by atoms with Crippen LogP contribution < -0.4 is 19.5 Å². The first kappa shape index (κ1) is 25.1. The maximum absolute atomic E-state index is 13.5. The predicted molar refractivity (Wildman–Crippen MR) is 132 cm³/mol. The first-order valence-electron chi connectivity index (χ1n) is 10.8. The molecule has 0 saturated carbocycles. The number of amides is 1. The molecule has 0 bridgehead atoms. The molecule has 0 spiro atoms. The van der Waals surface area contributed by atoms with E-state index >= 15 is 0 Å². The van der Waals surface area contributed by atoms with Crippen LogP contribution in [0, 0.1) is 0 Å². The monoisotopic (exact) mass is 483 g/mol. The quantitative estimate of drug-likeness (QED) is 0.431. The lowest BCUT2D eigenvalue weighted by Gasteiger charge is -2.20. The van der Waals surface area contributed by atoms with Crippen LogP contribution in [0.5, 0.6) is 17.2 Å². The van der Waals surface area contributed by atoms with Crippen LogP contribution in [0.3, 0.4) is 0 Å². The Morgan fingerprint density at radius 2 is 1.53 bits per heavy atom. The van der Waals surface area contributed by atoms with E-state index in [9.17, 15) is 13.2 Å². The van der Waals surface area contributed by atoms with Gasteiger partial charge in [0.25, 0.3) is 0 Å². The fourth-order valence-corrected chi connectivity index (χ4v) is 5.46. The molecular formula is C26H29NO6S. The van der Waals surface area contributed by atoms with Gasteiger partial charge in [0.2, 0.25) is 5.91 Å². The Morgan fingerprint density at radius 1 is 0.853 bits per heavy atom. The largest absolute Gasteiger partial charge is 0.497 e. The van der Waals surface area contributed by atoms with Crippen molar-refractivity contribution in [2.75, 3.05) is 26.6 Å². The number of sulfone groups is 1. The van der Waals surface area contributed by atoms with Crippen molar-refractivity contribution in [1.82, 2.24) is 0 Å². The van der Waals surface area contributed by atoms with Crippen molar-refractivity contribution in [3.63, 3.8) is 0 Å². The molecular weight excluding hydrogens is 454 g/mol. The number of carbonyl (C=O) groups excluding carboxylic acids is 1. The van der Waals surface area contributed by atoms with E-state index in [1.807, 2.05) is 0 Å². The fourth-order valence-electron chi connectivity index (χ4n) is 3.71. The Kier molecular flexibility index (Phi) is 8.54. The number of rotatable bonds is 11. The van der Waals surface area contributed by atoms with Crippen molar-refractivity contribution < 1.29 is 27.4 Å². The predicted octanol–water partition coefficient (Wildman–Crippen LogP) is 4.52. The lowest BCUT2D eigenvalue weighted by atomic mass is 10.0. The molecule has 0 aliphatic heterocycles. The molecule has 1 atom stereocenters. The van der Waals surface area contributed by atoms with Gasteiger partial charge in [-0.1, -0.05) is 30.3 Å². The first-order chi connectivity index (χ1) is 16.4. The summed E-state index contributed by atoms with van der Waals surface area (Å²) in [6, 6.07) is 20.6. The molecule has 180 valence electrons. The molecule has 1 amide bonds. The first-order valence-corrected chi connectivity index (χ1v) is 12.4. The second-order valence-corrected chi connectivity index (χ2v) is 9.88. The lowest BCUT2D eigenvalue weighted by Crippen LogP contribution is -2.26. The van der Waals surface area contributed by atoms with Crippen molar-refractivity contribution in [3.05, 3.63) is 78.4 Å². The average Bonchev–Trinajstić information content (AvgIpc) is 2.87. The van der Waals surface area contributed by atoms with Gasteiger partial charge in [-0.3, -0.25) is 4.79 Å². The fraction of sp³-hybridized carbons (Fsp3) is 0.269. The normalized spacial score (nSPS) is 12.0. The van der Waals surface area contributed by atoms with E-state index in [0.29, 0.717) is 28.5 Å². The zero-order chi connectivity index (χ0) is 24.6. The van der Waals surface area contributed by atoms with Crippen LogP contribution in [0.2, 0.25) is 0 Å². The molecule has 0 aliphatic carbocycles. The van der Waals surface area contributed by atoms with Gasteiger partial charge in [0, 0.05) is 6.42 Å². The van der Waals surface area contributed by atoms with Crippen LogP contribution in [-0.2, 0) is 21.1 Å². The third kappa shape index (κ3) is 6.08. The van der Waals surface area contributed by atoms with E-state index in [4.69, 9.17) is 14.2 Å². The van der Waals surface area contributed by atoms with E-state index in [1.165, 1.54) is 14.2 Å². The number of ether oxygens (including phenoxy) is 3. The van der Waals surface area contributed by atoms with Crippen LogP contribution >= 0.6 is 0 Å². The van der Waals surface area contributed by atoms with E-state index in [0.717, 1.165) is 0 Å². The highest BCUT2D eigenvalue weighted by molar-refractivity contribution is 7.92. The second kappa shape index (κ2) is 11.6. The number of carbonyl (C=O) groups is 1. The zero-order valence-corrected chi connectivity index (χ0v) is 20.3. The molecule has 3 rings (SSSR count).